The third-order valence-corrected chi connectivity index (χ3v) is 5.47. The summed E-state index contributed by atoms with van der Waals surface area (Å²) in [6.45, 7) is 0.966. The van der Waals surface area contributed by atoms with Crippen LogP contribution in [0.2, 0.25) is 10.0 Å². The van der Waals surface area contributed by atoms with Gasteiger partial charge in [0.05, 0.1) is 24.5 Å². The Morgan fingerprint density at radius 3 is 2.78 bits per heavy atom. The third-order valence-electron chi connectivity index (χ3n) is 4.93. The first kappa shape index (κ1) is 22.4. The first-order valence-corrected chi connectivity index (χ1v) is 10.7. The number of nitrogens with one attached hydrogen (secondary N) is 2. The predicted molar refractivity (Wildman–Crippen MR) is 121 cm³/mol. The fourth-order valence-corrected chi connectivity index (χ4v) is 3.95. The number of aromatic nitrogens is 2. The lowest BCUT2D eigenvalue weighted by Crippen LogP contribution is -2.34. The van der Waals surface area contributed by atoms with Crippen LogP contribution in [0.5, 0.6) is 5.75 Å². The maximum absolute atomic E-state index is 11.4. The molecule has 8 nitrogen and oxygen atoms in total. The number of halogens is 2. The highest BCUT2D eigenvalue weighted by molar-refractivity contribution is 6.35. The van der Waals surface area contributed by atoms with Crippen molar-refractivity contribution in [2.45, 2.75) is 18.4 Å². The van der Waals surface area contributed by atoms with Gasteiger partial charge in [0, 0.05) is 35.7 Å². The molecule has 0 aliphatic carbocycles. The minimum Gasteiger partial charge on any atom is -0.491 e. The van der Waals surface area contributed by atoms with Gasteiger partial charge in [0.15, 0.2) is 0 Å². The Labute approximate surface area is 195 Å². The molecule has 2 heterocycles. The molecule has 2 atom stereocenters. The number of amides is 2. The van der Waals surface area contributed by atoms with Crippen LogP contribution in [0.25, 0.3) is 0 Å². The van der Waals surface area contributed by atoms with Crippen LogP contribution < -0.4 is 15.4 Å². The van der Waals surface area contributed by atoms with Gasteiger partial charge in [-0.1, -0.05) is 29.3 Å². The standard InChI is InChI=1S/C22H22Cl2N4O4/c1-25-21(29)27-16-3-5-17(6-4-16)30-11-18-12-31-22(32-18,13-28-9-8-26-14-28)19-7-2-15(23)10-20(19)24/h2-10,14,18H,11-13H2,1H3,(H2,25,27,29)/t18-,22-/m1/s1. The fraction of sp³-hybridized carbons (Fsp3) is 0.273. The molecule has 2 aromatic carbocycles. The summed E-state index contributed by atoms with van der Waals surface area (Å²) in [5.74, 6) is -0.454. The number of ether oxygens (including phenoxy) is 3. The minimum atomic E-state index is -1.10. The molecule has 3 aromatic rings. The molecule has 1 aliphatic rings. The maximum atomic E-state index is 11.4. The van der Waals surface area contributed by atoms with E-state index in [1.54, 1.807) is 56.0 Å². The average Bonchev–Trinajstić information content (AvgIpc) is 3.44. The number of anilines is 1. The van der Waals surface area contributed by atoms with E-state index in [9.17, 15) is 4.79 Å². The molecule has 1 saturated heterocycles. The van der Waals surface area contributed by atoms with Gasteiger partial charge in [-0.25, -0.2) is 9.78 Å². The van der Waals surface area contributed by atoms with Crippen molar-refractivity contribution < 1.29 is 19.0 Å². The molecule has 0 unspecified atom stereocenters. The molecule has 4 rings (SSSR count). The highest BCUT2D eigenvalue weighted by Crippen LogP contribution is 2.40. The van der Waals surface area contributed by atoms with Gasteiger partial charge in [-0.2, -0.15) is 0 Å². The van der Waals surface area contributed by atoms with Crippen molar-refractivity contribution in [3.8, 4) is 5.75 Å². The molecule has 168 valence electrons. The quantitative estimate of drug-likeness (QED) is 0.531. The molecule has 0 radical (unpaired) electrons. The molecular weight excluding hydrogens is 455 g/mol. The topological polar surface area (TPSA) is 86.6 Å². The van der Waals surface area contributed by atoms with E-state index in [2.05, 4.69) is 15.6 Å². The van der Waals surface area contributed by atoms with E-state index in [4.69, 9.17) is 37.4 Å². The number of imidazole rings is 1. The number of urea groups is 1. The van der Waals surface area contributed by atoms with Gasteiger partial charge < -0.3 is 29.4 Å². The number of rotatable bonds is 7. The van der Waals surface area contributed by atoms with Crippen LogP contribution in [0.1, 0.15) is 5.56 Å². The Bertz CT molecular complexity index is 1060. The number of hydrogen-bond acceptors (Lipinski definition) is 5. The second-order valence-electron chi connectivity index (χ2n) is 7.20. The van der Waals surface area contributed by atoms with E-state index in [0.717, 1.165) is 0 Å². The van der Waals surface area contributed by atoms with Crippen LogP contribution in [0.15, 0.2) is 61.2 Å². The molecular formula is C22H22Cl2N4O4. The summed E-state index contributed by atoms with van der Waals surface area (Å²) in [6, 6.07) is 12.0. The van der Waals surface area contributed by atoms with Crippen molar-refractivity contribution in [1.29, 1.82) is 0 Å². The van der Waals surface area contributed by atoms with Crippen molar-refractivity contribution in [1.82, 2.24) is 14.9 Å². The summed E-state index contributed by atoms with van der Waals surface area (Å²) >= 11 is 12.6. The summed E-state index contributed by atoms with van der Waals surface area (Å²) in [4.78, 5) is 15.5. The second-order valence-corrected chi connectivity index (χ2v) is 8.05. The molecule has 0 bridgehead atoms. The molecule has 10 heteroatoms. The highest BCUT2D eigenvalue weighted by Gasteiger charge is 2.45. The molecule has 1 fully saturated rings. The van der Waals surface area contributed by atoms with E-state index in [0.29, 0.717) is 40.2 Å². The van der Waals surface area contributed by atoms with Gasteiger partial charge in [0.2, 0.25) is 5.79 Å². The van der Waals surface area contributed by atoms with Gasteiger partial charge in [-0.05, 0) is 36.4 Å². The van der Waals surface area contributed by atoms with Crippen LogP contribution in [0, 0.1) is 0 Å². The largest absolute Gasteiger partial charge is 0.491 e. The van der Waals surface area contributed by atoms with E-state index >= 15 is 0 Å². The molecule has 2 N–H and O–H groups in total. The molecule has 0 spiro atoms. The molecule has 2 amide bonds. The Morgan fingerprint density at radius 1 is 1.28 bits per heavy atom. The average molecular weight is 477 g/mol. The van der Waals surface area contributed by atoms with Crippen LogP contribution in [-0.2, 0) is 21.8 Å². The molecule has 32 heavy (non-hydrogen) atoms. The highest BCUT2D eigenvalue weighted by atomic mass is 35.5. The van der Waals surface area contributed by atoms with Crippen LogP contribution in [-0.4, -0.2) is 41.9 Å². The third kappa shape index (κ3) is 5.16. The first-order chi connectivity index (χ1) is 15.5. The number of nitrogens with zero attached hydrogens (tertiary/aromatic N) is 2. The smallest absolute Gasteiger partial charge is 0.318 e. The van der Waals surface area contributed by atoms with E-state index in [1.165, 1.54) is 0 Å². The van der Waals surface area contributed by atoms with Gasteiger partial charge in [0.1, 0.15) is 18.5 Å². The summed E-state index contributed by atoms with van der Waals surface area (Å²) in [6.07, 6.45) is 4.89. The van der Waals surface area contributed by atoms with Gasteiger partial charge in [0.25, 0.3) is 0 Å². The summed E-state index contributed by atoms with van der Waals surface area (Å²) in [5, 5.41) is 6.18. The predicted octanol–water partition coefficient (Wildman–Crippen LogP) is 4.29. The van der Waals surface area contributed by atoms with E-state index in [-0.39, 0.29) is 18.7 Å². The van der Waals surface area contributed by atoms with Crippen LogP contribution >= 0.6 is 23.2 Å². The minimum absolute atomic E-state index is 0.277. The van der Waals surface area contributed by atoms with Crippen molar-refractivity contribution in [3.05, 3.63) is 76.8 Å². The second kappa shape index (κ2) is 9.79. The van der Waals surface area contributed by atoms with Crippen LogP contribution in [0.4, 0.5) is 10.5 Å². The summed E-state index contributed by atoms with van der Waals surface area (Å²) < 4.78 is 20.3. The van der Waals surface area contributed by atoms with Crippen molar-refractivity contribution >= 4 is 34.9 Å². The normalized spacial score (nSPS) is 20.2. The Kier molecular flexibility index (Phi) is 6.86. The monoisotopic (exact) mass is 476 g/mol. The lowest BCUT2D eigenvalue weighted by Gasteiger charge is -2.30. The van der Waals surface area contributed by atoms with E-state index in [1.807, 2.05) is 16.8 Å². The van der Waals surface area contributed by atoms with Crippen LogP contribution in [0.3, 0.4) is 0 Å². The molecule has 0 saturated carbocycles. The fourth-order valence-electron chi connectivity index (χ4n) is 3.39. The zero-order valence-electron chi connectivity index (χ0n) is 17.3. The number of carbonyl (C=O) groups excluding carboxylic acids is 1. The lowest BCUT2D eigenvalue weighted by atomic mass is 10.1. The zero-order chi connectivity index (χ0) is 22.6. The van der Waals surface area contributed by atoms with Crippen molar-refractivity contribution in [3.63, 3.8) is 0 Å². The number of benzene rings is 2. The molecule has 1 aliphatic heterocycles. The first-order valence-electron chi connectivity index (χ1n) is 9.92. The zero-order valence-corrected chi connectivity index (χ0v) is 18.8. The van der Waals surface area contributed by atoms with Crippen molar-refractivity contribution in [2.24, 2.45) is 0 Å². The van der Waals surface area contributed by atoms with Crippen molar-refractivity contribution in [2.75, 3.05) is 25.6 Å². The SMILES string of the molecule is CNC(=O)Nc1ccc(OC[C@@H]2CO[C@@](Cn3ccnc3)(c3ccc(Cl)cc3Cl)O2)cc1. The Hall–Kier alpha value is -2.78. The summed E-state index contributed by atoms with van der Waals surface area (Å²) in [5.41, 5.74) is 1.35. The van der Waals surface area contributed by atoms with Gasteiger partial charge in [-0.15, -0.1) is 0 Å². The van der Waals surface area contributed by atoms with Gasteiger partial charge >= 0.3 is 6.03 Å². The molecule has 1 aromatic heterocycles. The Morgan fingerprint density at radius 2 is 2.09 bits per heavy atom. The maximum Gasteiger partial charge on any atom is 0.318 e. The lowest BCUT2D eigenvalue weighted by molar-refractivity contribution is -0.189. The Balaban J connectivity index is 1.45. The summed E-state index contributed by atoms with van der Waals surface area (Å²) in [7, 11) is 1.56. The van der Waals surface area contributed by atoms with E-state index < -0.39 is 5.79 Å². The number of hydrogen-bond donors (Lipinski definition) is 2. The number of carbonyl (C=O) groups is 1. The van der Waals surface area contributed by atoms with Gasteiger partial charge in [-0.3, -0.25) is 0 Å².